The molecule has 1 atom stereocenters. The molecule has 1 aromatic carbocycles. The zero-order valence-corrected chi connectivity index (χ0v) is 19.2. The van der Waals surface area contributed by atoms with Gasteiger partial charge in [-0.05, 0) is 37.8 Å². The molecule has 1 heterocycles. The highest BCUT2D eigenvalue weighted by atomic mass is 32.2. The van der Waals surface area contributed by atoms with Gasteiger partial charge < -0.3 is 14.9 Å². The second-order valence-electron chi connectivity index (χ2n) is 8.34. The van der Waals surface area contributed by atoms with Gasteiger partial charge in [0.1, 0.15) is 12.6 Å². The third kappa shape index (κ3) is 6.51. The van der Waals surface area contributed by atoms with E-state index in [1.54, 1.807) is 30.9 Å². The molecule has 0 aromatic heterocycles. The number of benzene rings is 1. The minimum atomic E-state index is -3.87. The van der Waals surface area contributed by atoms with Crippen LogP contribution in [0.5, 0.6) is 0 Å². The maximum atomic E-state index is 13.1. The van der Waals surface area contributed by atoms with Gasteiger partial charge in [-0.1, -0.05) is 31.5 Å². The van der Waals surface area contributed by atoms with Crippen molar-refractivity contribution in [1.29, 1.82) is 0 Å². The maximum absolute atomic E-state index is 13.1. The Labute approximate surface area is 183 Å². The number of aryl methyl sites for hydroxylation is 1. The first kappa shape index (κ1) is 24.8. The number of carboxylic acid groups (broad SMARTS) is 1. The molecule has 0 bridgehead atoms. The summed E-state index contributed by atoms with van der Waals surface area (Å²) in [5, 5.41) is 8.84. The molecule has 0 aliphatic carbocycles. The number of likely N-dealkylation sites (tertiary alicyclic amines) is 1. The van der Waals surface area contributed by atoms with Crippen molar-refractivity contribution in [2.45, 2.75) is 44.6 Å². The van der Waals surface area contributed by atoms with Crippen LogP contribution >= 0.6 is 0 Å². The monoisotopic (exact) mass is 453 g/mol. The van der Waals surface area contributed by atoms with Crippen molar-refractivity contribution in [1.82, 2.24) is 14.5 Å². The van der Waals surface area contributed by atoms with Crippen LogP contribution in [0.15, 0.2) is 29.2 Å². The van der Waals surface area contributed by atoms with Gasteiger partial charge in [0.15, 0.2) is 0 Å². The first-order chi connectivity index (χ1) is 14.4. The highest BCUT2D eigenvalue weighted by molar-refractivity contribution is 7.89. The van der Waals surface area contributed by atoms with Crippen LogP contribution in [0.4, 0.5) is 0 Å². The maximum Gasteiger partial charge on any atom is 0.323 e. The number of carbonyl (C=O) groups excluding carboxylic acids is 2. The van der Waals surface area contributed by atoms with E-state index in [9.17, 15) is 22.8 Å². The number of likely N-dealkylation sites (N-methyl/N-ethyl adjacent to an activating group) is 1. The van der Waals surface area contributed by atoms with Gasteiger partial charge in [-0.25, -0.2) is 8.42 Å². The van der Waals surface area contributed by atoms with Crippen molar-refractivity contribution in [2.75, 3.05) is 26.7 Å². The van der Waals surface area contributed by atoms with Gasteiger partial charge in [-0.3, -0.25) is 14.4 Å². The third-order valence-corrected chi connectivity index (χ3v) is 6.91. The lowest BCUT2D eigenvalue weighted by Gasteiger charge is -2.35. The number of carboxylic acids is 1. The fraction of sp³-hybridized carbons (Fsp3) is 0.571. The van der Waals surface area contributed by atoms with E-state index in [0.29, 0.717) is 25.9 Å². The molecular formula is C21H31N3O6S. The Morgan fingerprint density at radius 2 is 1.71 bits per heavy atom. The Balaban J connectivity index is 2.04. The summed E-state index contributed by atoms with van der Waals surface area (Å²) < 4.78 is 28.1. The topological polar surface area (TPSA) is 124 Å². The smallest absolute Gasteiger partial charge is 0.323 e. The van der Waals surface area contributed by atoms with E-state index >= 15 is 0 Å². The van der Waals surface area contributed by atoms with Crippen LogP contribution in [0.2, 0.25) is 0 Å². The summed E-state index contributed by atoms with van der Waals surface area (Å²) >= 11 is 0. The zero-order valence-electron chi connectivity index (χ0n) is 18.4. The Kier molecular flexibility index (Phi) is 8.19. The molecule has 1 unspecified atom stereocenters. The van der Waals surface area contributed by atoms with Crippen molar-refractivity contribution in [2.24, 2.45) is 11.8 Å². The Bertz CT molecular complexity index is 906. The minimum absolute atomic E-state index is 0.0994. The number of amides is 2. The number of sulfonamides is 1. The van der Waals surface area contributed by atoms with Crippen molar-refractivity contribution in [3.05, 3.63) is 29.8 Å². The molecule has 1 saturated heterocycles. The number of aliphatic carboxylic acids is 1. The average Bonchev–Trinajstić information content (AvgIpc) is 2.70. The highest BCUT2D eigenvalue weighted by Gasteiger charge is 2.35. The summed E-state index contributed by atoms with van der Waals surface area (Å²) in [4.78, 5) is 39.1. The highest BCUT2D eigenvalue weighted by Crippen LogP contribution is 2.22. The largest absolute Gasteiger partial charge is 0.480 e. The molecule has 2 rings (SSSR count). The molecule has 1 aliphatic rings. The van der Waals surface area contributed by atoms with Crippen molar-refractivity contribution in [3.8, 4) is 0 Å². The van der Waals surface area contributed by atoms with Crippen molar-refractivity contribution < 1.29 is 27.9 Å². The SMILES string of the molecule is Cc1ccc(S(=O)(=O)NC(C(=O)N2CCC(C(=O)N(C)CC(=O)O)CC2)C(C)C)cc1. The lowest BCUT2D eigenvalue weighted by Crippen LogP contribution is -2.53. The third-order valence-electron chi connectivity index (χ3n) is 5.45. The molecular weight excluding hydrogens is 422 g/mol. The number of rotatable bonds is 8. The number of hydrogen-bond acceptors (Lipinski definition) is 5. The van der Waals surface area contributed by atoms with Gasteiger partial charge in [0, 0.05) is 26.1 Å². The molecule has 2 N–H and O–H groups in total. The molecule has 172 valence electrons. The Morgan fingerprint density at radius 3 is 2.19 bits per heavy atom. The molecule has 0 spiro atoms. The van der Waals surface area contributed by atoms with Crippen molar-refractivity contribution >= 4 is 27.8 Å². The van der Waals surface area contributed by atoms with E-state index in [1.165, 1.54) is 24.1 Å². The summed E-state index contributed by atoms with van der Waals surface area (Å²) in [5.41, 5.74) is 0.932. The first-order valence-electron chi connectivity index (χ1n) is 10.3. The van der Waals surface area contributed by atoms with E-state index in [2.05, 4.69) is 4.72 Å². The lowest BCUT2D eigenvalue weighted by atomic mass is 9.94. The van der Waals surface area contributed by atoms with E-state index < -0.39 is 22.0 Å². The van der Waals surface area contributed by atoms with Crippen LogP contribution in [-0.4, -0.2) is 73.8 Å². The molecule has 0 saturated carbocycles. The molecule has 1 fully saturated rings. The van der Waals surface area contributed by atoms with Gasteiger partial charge in [0.2, 0.25) is 21.8 Å². The Hall–Kier alpha value is -2.46. The summed E-state index contributed by atoms with van der Waals surface area (Å²) in [7, 11) is -2.42. The number of hydrogen-bond donors (Lipinski definition) is 2. The predicted octanol–water partition coefficient (Wildman–Crippen LogP) is 1.08. The quantitative estimate of drug-likeness (QED) is 0.607. The van der Waals surface area contributed by atoms with E-state index in [0.717, 1.165) is 5.56 Å². The lowest BCUT2D eigenvalue weighted by molar-refractivity contribution is -0.146. The fourth-order valence-electron chi connectivity index (χ4n) is 3.56. The van der Waals surface area contributed by atoms with Crippen LogP contribution in [0, 0.1) is 18.8 Å². The normalized spacial score (nSPS) is 16.2. The molecule has 0 radical (unpaired) electrons. The van der Waals surface area contributed by atoms with Gasteiger partial charge in [0.25, 0.3) is 0 Å². The molecule has 10 heteroatoms. The second-order valence-corrected chi connectivity index (χ2v) is 10.1. The first-order valence-corrected chi connectivity index (χ1v) is 11.7. The van der Waals surface area contributed by atoms with E-state index in [4.69, 9.17) is 5.11 Å². The minimum Gasteiger partial charge on any atom is -0.480 e. The van der Waals surface area contributed by atoms with Crippen LogP contribution in [0.3, 0.4) is 0 Å². The van der Waals surface area contributed by atoms with Crippen LogP contribution in [0.1, 0.15) is 32.3 Å². The summed E-state index contributed by atoms with van der Waals surface area (Å²) in [5.74, 6) is -2.28. The summed E-state index contributed by atoms with van der Waals surface area (Å²) in [6.07, 6.45) is 0.814. The summed E-state index contributed by atoms with van der Waals surface area (Å²) in [6, 6.07) is 5.48. The standard InChI is InChI=1S/C21H31N3O6S/c1-14(2)19(22-31(29,30)17-7-5-15(3)6-8-17)21(28)24-11-9-16(10-12-24)20(27)23(4)13-18(25)26/h5-8,14,16,19,22H,9-13H2,1-4H3,(H,25,26). The molecule has 9 nitrogen and oxygen atoms in total. The number of piperidine rings is 1. The van der Waals surface area contributed by atoms with E-state index in [-0.39, 0.29) is 35.1 Å². The van der Waals surface area contributed by atoms with Crippen LogP contribution in [-0.2, 0) is 24.4 Å². The zero-order chi connectivity index (χ0) is 23.3. The predicted molar refractivity (Wildman–Crippen MR) is 115 cm³/mol. The Morgan fingerprint density at radius 1 is 1.16 bits per heavy atom. The van der Waals surface area contributed by atoms with Crippen LogP contribution in [0.25, 0.3) is 0 Å². The average molecular weight is 454 g/mol. The number of carbonyl (C=O) groups is 3. The van der Waals surface area contributed by atoms with E-state index in [1.807, 2.05) is 6.92 Å². The second kappa shape index (κ2) is 10.2. The molecule has 1 aromatic rings. The van der Waals surface area contributed by atoms with Gasteiger partial charge >= 0.3 is 5.97 Å². The summed E-state index contributed by atoms with van der Waals surface area (Å²) in [6.45, 7) is 5.66. The molecule has 31 heavy (non-hydrogen) atoms. The molecule has 2 amide bonds. The van der Waals surface area contributed by atoms with Crippen molar-refractivity contribution in [3.63, 3.8) is 0 Å². The van der Waals surface area contributed by atoms with Crippen LogP contribution < -0.4 is 4.72 Å². The molecule has 1 aliphatic heterocycles. The number of nitrogens with one attached hydrogen (secondary N) is 1. The number of nitrogens with zero attached hydrogens (tertiary/aromatic N) is 2. The fourth-order valence-corrected chi connectivity index (χ4v) is 4.90. The van der Waals surface area contributed by atoms with Gasteiger partial charge in [0.05, 0.1) is 4.90 Å². The van der Waals surface area contributed by atoms with Gasteiger partial charge in [-0.15, -0.1) is 0 Å². The van der Waals surface area contributed by atoms with Gasteiger partial charge in [-0.2, -0.15) is 4.72 Å².